The van der Waals surface area contributed by atoms with Crippen molar-refractivity contribution in [3.8, 4) is 5.88 Å². The van der Waals surface area contributed by atoms with Crippen LogP contribution in [-0.2, 0) is 18.3 Å². The van der Waals surface area contributed by atoms with Crippen molar-refractivity contribution in [2.45, 2.75) is 39.7 Å². The molecule has 0 saturated carbocycles. The quantitative estimate of drug-likeness (QED) is 0.835. The lowest BCUT2D eigenvalue weighted by molar-refractivity contribution is -0.126. The first kappa shape index (κ1) is 16.5. The fourth-order valence-electron chi connectivity index (χ4n) is 2.17. The van der Waals surface area contributed by atoms with Gasteiger partial charge in [0, 0.05) is 24.7 Å². The van der Waals surface area contributed by atoms with Crippen LogP contribution in [0.3, 0.4) is 0 Å². The van der Waals surface area contributed by atoms with Crippen LogP contribution >= 0.6 is 0 Å². The number of hydrogen-bond acceptors (Lipinski definition) is 4. The van der Waals surface area contributed by atoms with Gasteiger partial charge in [-0.05, 0) is 34.1 Å². The highest BCUT2D eigenvalue weighted by atomic mass is 16.5. The van der Waals surface area contributed by atoms with E-state index in [1.807, 2.05) is 34.7 Å². The zero-order valence-corrected chi connectivity index (χ0v) is 13.3. The molecule has 0 aliphatic heterocycles. The van der Waals surface area contributed by atoms with E-state index in [4.69, 9.17) is 10.5 Å². The number of nitrogens with one attached hydrogen (secondary N) is 1. The summed E-state index contributed by atoms with van der Waals surface area (Å²) in [6.07, 6.45) is 0.529. The summed E-state index contributed by atoms with van der Waals surface area (Å²) < 4.78 is 7.03. The fraction of sp³-hybridized carbons (Fsp3) is 0.714. The van der Waals surface area contributed by atoms with Gasteiger partial charge in [-0.2, -0.15) is 5.10 Å². The maximum Gasteiger partial charge on any atom is 0.225 e. The number of ether oxygens (including phenoxy) is 1. The normalized spacial score (nSPS) is 13.2. The second kappa shape index (κ2) is 6.26. The number of aryl methyl sites for hydroxylation is 2. The first-order valence-corrected chi connectivity index (χ1v) is 6.78. The Morgan fingerprint density at radius 3 is 2.55 bits per heavy atom. The fourth-order valence-corrected chi connectivity index (χ4v) is 2.17. The third-order valence-corrected chi connectivity index (χ3v) is 3.09. The largest absolute Gasteiger partial charge is 0.481 e. The highest BCUT2D eigenvalue weighted by molar-refractivity contribution is 5.80. The minimum Gasteiger partial charge on any atom is -0.481 e. The molecule has 3 N–H and O–H groups in total. The van der Waals surface area contributed by atoms with E-state index in [1.54, 1.807) is 11.8 Å². The Morgan fingerprint density at radius 1 is 1.50 bits per heavy atom. The van der Waals surface area contributed by atoms with E-state index in [-0.39, 0.29) is 17.4 Å². The zero-order chi connectivity index (χ0) is 15.5. The molecule has 6 nitrogen and oxygen atoms in total. The lowest BCUT2D eigenvalue weighted by atomic mass is 9.97. The Bertz CT molecular complexity index is 474. The molecule has 0 radical (unpaired) electrons. The summed E-state index contributed by atoms with van der Waals surface area (Å²) in [6.45, 7) is 8.06. The maximum atomic E-state index is 12.3. The van der Waals surface area contributed by atoms with Crippen molar-refractivity contribution in [2.75, 3.05) is 13.7 Å². The molecule has 0 fully saturated rings. The molecule has 0 aliphatic carbocycles. The second-order valence-electron chi connectivity index (χ2n) is 6.07. The smallest absolute Gasteiger partial charge is 0.225 e. The van der Waals surface area contributed by atoms with Gasteiger partial charge in [0.1, 0.15) is 0 Å². The third-order valence-electron chi connectivity index (χ3n) is 3.09. The summed E-state index contributed by atoms with van der Waals surface area (Å²) in [4.78, 5) is 12.3. The predicted octanol–water partition coefficient (Wildman–Crippen LogP) is 0.769. The standard InChI is InChI=1S/C14H26N4O2/c1-9-11(13(20-6)18(5)17-9)7-10(8-15)12(19)16-14(2,3)4/h10H,7-8,15H2,1-6H3,(H,16,19). The minimum absolute atomic E-state index is 0.0368. The lowest BCUT2D eigenvalue weighted by Gasteiger charge is -2.24. The van der Waals surface area contributed by atoms with E-state index >= 15 is 0 Å². The monoisotopic (exact) mass is 282 g/mol. The predicted molar refractivity (Wildman–Crippen MR) is 78.6 cm³/mol. The van der Waals surface area contributed by atoms with E-state index in [2.05, 4.69) is 10.4 Å². The van der Waals surface area contributed by atoms with Gasteiger partial charge in [-0.25, -0.2) is 4.68 Å². The SMILES string of the molecule is COc1c(CC(CN)C(=O)NC(C)(C)C)c(C)nn1C. The highest BCUT2D eigenvalue weighted by Crippen LogP contribution is 2.24. The molecule has 114 valence electrons. The Kier molecular flexibility index (Phi) is 5.16. The van der Waals surface area contributed by atoms with E-state index in [0.717, 1.165) is 11.3 Å². The molecule has 0 bridgehead atoms. The van der Waals surface area contributed by atoms with Crippen molar-refractivity contribution in [3.63, 3.8) is 0 Å². The Labute approximate surface area is 120 Å². The van der Waals surface area contributed by atoms with Gasteiger partial charge in [-0.1, -0.05) is 0 Å². The zero-order valence-electron chi connectivity index (χ0n) is 13.3. The maximum absolute atomic E-state index is 12.3. The molecule has 1 unspecified atom stereocenters. The lowest BCUT2D eigenvalue weighted by Crippen LogP contribution is -2.46. The summed E-state index contributed by atoms with van der Waals surface area (Å²) in [5, 5.41) is 7.29. The number of carbonyl (C=O) groups is 1. The van der Waals surface area contributed by atoms with Gasteiger partial charge in [0.25, 0.3) is 0 Å². The first-order valence-electron chi connectivity index (χ1n) is 6.78. The van der Waals surface area contributed by atoms with Crippen LogP contribution < -0.4 is 15.8 Å². The Morgan fingerprint density at radius 2 is 2.10 bits per heavy atom. The molecule has 6 heteroatoms. The van der Waals surface area contributed by atoms with Gasteiger partial charge in [-0.3, -0.25) is 4.79 Å². The summed E-state index contributed by atoms with van der Waals surface area (Å²) in [5.41, 5.74) is 7.30. The van der Waals surface area contributed by atoms with Gasteiger partial charge in [-0.15, -0.1) is 0 Å². The summed E-state index contributed by atoms with van der Waals surface area (Å²) in [6, 6.07) is 0. The molecular weight excluding hydrogens is 256 g/mol. The summed E-state index contributed by atoms with van der Waals surface area (Å²) >= 11 is 0. The second-order valence-corrected chi connectivity index (χ2v) is 6.07. The topological polar surface area (TPSA) is 82.2 Å². The molecule has 0 saturated heterocycles. The summed E-state index contributed by atoms with van der Waals surface area (Å²) in [5.74, 6) is 0.362. The number of amides is 1. The van der Waals surface area contributed by atoms with Crippen LogP contribution in [0.5, 0.6) is 5.88 Å². The Hall–Kier alpha value is -1.56. The van der Waals surface area contributed by atoms with E-state index < -0.39 is 0 Å². The molecule has 1 aromatic rings. The van der Waals surface area contributed by atoms with Crippen molar-refractivity contribution < 1.29 is 9.53 Å². The van der Waals surface area contributed by atoms with E-state index in [9.17, 15) is 4.79 Å². The average molecular weight is 282 g/mol. The number of rotatable bonds is 5. The van der Waals surface area contributed by atoms with Crippen LogP contribution in [0, 0.1) is 12.8 Å². The number of hydrogen-bond donors (Lipinski definition) is 2. The molecule has 0 aromatic carbocycles. The van der Waals surface area contributed by atoms with Gasteiger partial charge in [0.05, 0.1) is 18.7 Å². The number of carbonyl (C=O) groups excluding carboxylic acids is 1. The molecule has 1 atom stereocenters. The average Bonchev–Trinajstić information content (AvgIpc) is 2.57. The molecule has 1 rings (SSSR count). The number of nitrogens with zero attached hydrogens (tertiary/aromatic N) is 2. The van der Waals surface area contributed by atoms with Gasteiger partial charge in [0.2, 0.25) is 11.8 Å². The van der Waals surface area contributed by atoms with Crippen LogP contribution in [-0.4, -0.2) is 34.9 Å². The van der Waals surface area contributed by atoms with Gasteiger partial charge < -0.3 is 15.8 Å². The molecule has 1 amide bonds. The number of nitrogens with two attached hydrogens (primary N) is 1. The molecule has 0 spiro atoms. The van der Waals surface area contributed by atoms with E-state index in [0.29, 0.717) is 18.8 Å². The van der Waals surface area contributed by atoms with Crippen molar-refractivity contribution in [3.05, 3.63) is 11.3 Å². The van der Waals surface area contributed by atoms with Crippen molar-refractivity contribution >= 4 is 5.91 Å². The number of aromatic nitrogens is 2. The Balaban J connectivity index is 2.92. The minimum atomic E-state index is -0.286. The van der Waals surface area contributed by atoms with Crippen LogP contribution in [0.1, 0.15) is 32.0 Å². The van der Waals surface area contributed by atoms with Crippen LogP contribution in [0.2, 0.25) is 0 Å². The molecule has 20 heavy (non-hydrogen) atoms. The van der Waals surface area contributed by atoms with Crippen molar-refractivity contribution in [1.82, 2.24) is 15.1 Å². The molecule has 1 aromatic heterocycles. The third kappa shape index (κ3) is 3.96. The van der Waals surface area contributed by atoms with Crippen LogP contribution in [0.15, 0.2) is 0 Å². The number of methoxy groups -OCH3 is 1. The van der Waals surface area contributed by atoms with Crippen molar-refractivity contribution in [1.29, 1.82) is 0 Å². The van der Waals surface area contributed by atoms with Crippen LogP contribution in [0.4, 0.5) is 0 Å². The van der Waals surface area contributed by atoms with Gasteiger partial charge in [0.15, 0.2) is 0 Å². The highest BCUT2D eigenvalue weighted by Gasteiger charge is 2.25. The molecular formula is C14H26N4O2. The van der Waals surface area contributed by atoms with E-state index in [1.165, 1.54) is 0 Å². The molecule has 0 aliphatic rings. The van der Waals surface area contributed by atoms with Crippen LogP contribution in [0.25, 0.3) is 0 Å². The molecule has 1 heterocycles. The van der Waals surface area contributed by atoms with Gasteiger partial charge >= 0.3 is 0 Å². The first-order chi connectivity index (χ1) is 9.19. The summed E-state index contributed by atoms with van der Waals surface area (Å²) in [7, 11) is 3.43. The van der Waals surface area contributed by atoms with Crippen molar-refractivity contribution in [2.24, 2.45) is 18.7 Å².